The topological polar surface area (TPSA) is 87.7 Å². The molecule has 0 heterocycles. The van der Waals surface area contributed by atoms with Crippen LogP contribution in [0.3, 0.4) is 0 Å². The highest BCUT2D eigenvalue weighted by Crippen LogP contribution is 2.28. The van der Waals surface area contributed by atoms with Crippen LogP contribution in [0.25, 0.3) is 0 Å². The normalized spacial score (nSPS) is 26.3. The van der Waals surface area contributed by atoms with Crippen molar-refractivity contribution in [2.45, 2.75) is 44.4 Å². The number of nitrogens with zero attached hydrogens (tertiary/aromatic N) is 1. The third kappa shape index (κ3) is 3.54. The Morgan fingerprint density at radius 3 is 2.67 bits per heavy atom. The van der Waals surface area contributed by atoms with Crippen molar-refractivity contribution in [1.82, 2.24) is 5.32 Å². The van der Waals surface area contributed by atoms with Crippen molar-refractivity contribution in [2.75, 3.05) is 6.26 Å². The fourth-order valence-corrected chi connectivity index (χ4v) is 3.42. The summed E-state index contributed by atoms with van der Waals surface area (Å²) in [4.78, 5) is 12.2. The maximum atomic E-state index is 12.2. The lowest BCUT2D eigenvalue weighted by atomic mass is 9.93. The number of hydrogen-bond acceptors (Lipinski definition) is 4. The molecule has 0 aromatic carbocycles. The van der Waals surface area contributed by atoms with Gasteiger partial charge in [-0.05, 0) is 25.0 Å². The summed E-state index contributed by atoms with van der Waals surface area (Å²) in [6.45, 7) is 3.78. The minimum Gasteiger partial charge on any atom is -0.409 e. The van der Waals surface area contributed by atoms with E-state index in [0.29, 0.717) is 5.25 Å². The van der Waals surface area contributed by atoms with Crippen LogP contribution < -0.4 is 11.1 Å². The fourth-order valence-electron chi connectivity index (χ4n) is 2.49. The van der Waals surface area contributed by atoms with E-state index in [1.807, 2.05) is 13.8 Å². The van der Waals surface area contributed by atoms with Gasteiger partial charge in [0.15, 0.2) is 5.84 Å². The molecule has 0 bridgehead atoms. The van der Waals surface area contributed by atoms with E-state index in [2.05, 4.69) is 16.7 Å². The third-order valence-corrected chi connectivity index (χ3v) is 4.64. The molecule has 1 aliphatic carbocycles. The van der Waals surface area contributed by atoms with E-state index < -0.39 is 5.92 Å². The van der Waals surface area contributed by atoms with Crippen LogP contribution in [0.1, 0.15) is 33.1 Å². The second-order valence-electron chi connectivity index (χ2n) is 5.07. The second kappa shape index (κ2) is 6.87. The summed E-state index contributed by atoms with van der Waals surface area (Å²) in [5.41, 5.74) is 5.59. The molecule has 6 heteroatoms. The molecule has 104 valence electrons. The first kappa shape index (κ1) is 15.1. The molecule has 5 nitrogen and oxygen atoms in total. The van der Waals surface area contributed by atoms with Crippen LogP contribution in [-0.2, 0) is 4.79 Å². The third-order valence-electron chi connectivity index (χ3n) is 3.47. The van der Waals surface area contributed by atoms with Crippen molar-refractivity contribution in [3.63, 3.8) is 0 Å². The molecule has 0 aromatic rings. The lowest BCUT2D eigenvalue weighted by Crippen LogP contribution is -2.47. The van der Waals surface area contributed by atoms with E-state index in [-0.39, 0.29) is 23.7 Å². The molecule has 4 N–H and O–H groups in total. The van der Waals surface area contributed by atoms with E-state index in [1.165, 1.54) is 0 Å². The van der Waals surface area contributed by atoms with Gasteiger partial charge < -0.3 is 16.3 Å². The van der Waals surface area contributed by atoms with Crippen LogP contribution in [0.15, 0.2) is 5.16 Å². The molecule has 0 radical (unpaired) electrons. The van der Waals surface area contributed by atoms with Crippen LogP contribution in [0.5, 0.6) is 0 Å². The van der Waals surface area contributed by atoms with Crippen molar-refractivity contribution in [2.24, 2.45) is 22.7 Å². The molecule has 18 heavy (non-hydrogen) atoms. The summed E-state index contributed by atoms with van der Waals surface area (Å²) in [5, 5.41) is 15.2. The molecule has 3 unspecified atom stereocenters. The van der Waals surface area contributed by atoms with Gasteiger partial charge in [0.05, 0.1) is 0 Å². The Labute approximate surface area is 113 Å². The number of nitrogens with two attached hydrogens (primary N) is 1. The number of rotatable bonds is 5. The van der Waals surface area contributed by atoms with Crippen LogP contribution in [0.2, 0.25) is 0 Å². The lowest BCUT2D eigenvalue weighted by Gasteiger charge is -2.24. The zero-order chi connectivity index (χ0) is 13.7. The van der Waals surface area contributed by atoms with Crippen LogP contribution in [0, 0.1) is 11.8 Å². The molecule has 1 fully saturated rings. The van der Waals surface area contributed by atoms with Gasteiger partial charge in [0.1, 0.15) is 5.92 Å². The molecule has 1 aliphatic rings. The number of amides is 1. The van der Waals surface area contributed by atoms with Crippen molar-refractivity contribution in [3.8, 4) is 0 Å². The highest BCUT2D eigenvalue weighted by Gasteiger charge is 2.32. The van der Waals surface area contributed by atoms with Crippen molar-refractivity contribution < 1.29 is 10.0 Å². The predicted octanol–water partition coefficient (Wildman–Crippen LogP) is 1.41. The molecule has 0 spiro atoms. The number of amidine groups is 1. The van der Waals surface area contributed by atoms with Crippen molar-refractivity contribution in [1.29, 1.82) is 0 Å². The highest BCUT2D eigenvalue weighted by atomic mass is 32.2. The summed E-state index contributed by atoms with van der Waals surface area (Å²) < 4.78 is 0. The standard InChI is InChI=1S/C12H23N3O2S/c1-7(2)10(11(13)15-17)12(16)14-8-5-4-6-9(8)18-3/h7-10,17H,4-6H2,1-3H3,(H2,13,15)(H,14,16). The van der Waals surface area contributed by atoms with E-state index in [1.54, 1.807) is 11.8 Å². The maximum absolute atomic E-state index is 12.2. The molecule has 1 saturated carbocycles. The Balaban J connectivity index is 2.67. The van der Waals surface area contributed by atoms with Gasteiger partial charge >= 0.3 is 0 Å². The van der Waals surface area contributed by atoms with E-state index >= 15 is 0 Å². The zero-order valence-electron chi connectivity index (χ0n) is 11.2. The first-order valence-corrected chi connectivity index (χ1v) is 7.60. The van der Waals surface area contributed by atoms with Gasteiger partial charge in [0, 0.05) is 11.3 Å². The summed E-state index contributed by atoms with van der Waals surface area (Å²) >= 11 is 1.79. The van der Waals surface area contributed by atoms with Gasteiger partial charge in [-0.25, -0.2) is 0 Å². The minimum absolute atomic E-state index is 0.00929. The molecular weight excluding hydrogens is 250 g/mol. The van der Waals surface area contributed by atoms with E-state index in [0.717, 1.165) is 19.3 Å². The SMILES string of the molecule is CSC1CCCC1NC(=O)C(C(N)=NO)C(C)C. The molecule has 0 aromatic heterocycles. The minimum atomic E-state index is -0.557. The molecule has 1 rings (SSSR count). The average Bonchev–Trinajstić information content (AvgIpc) is 2.75. The van der Waals surface area contributed by atoms with Crippen molar-refractivity contribution >= 4 is 23.5 Å². The van der Waals surface area contributed by atoms with Crippen LogP contribution in [-0.4, -0.2) is 34.5 Å². The Morgan fingerprint density at radius 2 is 2.17 bits per heavy atom. The number of carbonyl (C=O) groups is 1. The largest absolute Gasteiger partial charge is 0.409 e. The van der Waals surface area contributed by atoms with E-state index in [9.17, 15) is 4.79 Å². The van der Waals surface area contributed by atoms with E-state index in [4.69, 9.17) is 10.9 Å². The van der Waals surface area contributed by atoms with Crippen LogP contribution >= 0.6 is 11.8 Å². The Hall–Kier alpha value is -0.910. The van der Waals surface area contributed by atoms with Gasteiger partial charge in [-0.1, -0.05) is 25.4 Å². The summed E-state index contributed by atoms with van der Waals surface area (Å²) in [6, 6.07) is 0.209. The Morgan fingerprint density at radius 1 is 1.50 bits per heavy atom. The number of nitrogens with one attached hydrogen (secondary N) is 1. The zero-order valence-corrected chi connectivity index (χ0v) is 12.0. The van der Waals surface area contributed by atoms with Crippen LogP contribution in [0.4, 0.5) is 0 Å². The smallest absolute Gasteiger partial charge is 0.231 e. The fraction of sp³-hybridized carbons (Fsp3) is 0.833. The van der Waals surface area contributed by atoms with Gasteiger partial charge in [-0.3, -0.25) is 4.79 Å². The average molecular weight is 273 g/mol. The Kier molecular flexibility index (Phi) is 5.78. The maximum Gasteiger partial charge on any atom is 0.231 e. The monoisotopic (exact) mass is 273 g/mol. The van der Waals surface area contributed by atoms with Gasteiger partial charge in [-0.15, -0.1) is 0 Å². The Bertz CT molecular complexity index is 320. The first-order valence-electron chi connectivity index (χ1n) is 6.31. The second-order valence-corrected chi connectivity index (χ2v) is 6.14. The molecule has 0 saturated heterocycles. The van der Waals surface area contributed by atoms with Gasteiger partial charge in [0.25, 0.3) is 0 Å². The molecular formula is C12H23N3O2S. The number of hydrogen-bond donors (Lipinski definition) is 3. The molecule has 0 aliphatic heterocycles. The molecule has 1 amide bonds. The quantitative estimate of drug-likeness (QED) is 0.306. The summed E-state index contributed by atoms with van der Waals surface area (Å²) in [7, 11) is 0. The number of oxime groups is 1. The number of thioether (sulfide) groups is 1. The van der Waals surface area contributed by atoms with Gasteiger partial charge in [-0.2, -0.15) is 11.8 Å². The summed E-state index contributed by atoms with van der Waals surface area (Å²) in [5.74, 6) is -0.694. The number of carbonyl (C=O) groups excluding carboxylic acids is 1. The molecule has 3 atom stereocenters. The predicted molar refractivity (Wildman–Crippen MR) is 74.8 cm³/mol. The first-order chi connectivity index (χ1) is 8.51. The highest BCUT2D eigenvalue weighted by molar-refractivity contribution is 7.99. The summed E-state index contributed by atoms with van der Waals surface area (Å²) in [6.07, 6.45) is 5.37. The lowest BCUT2D eigenvalue weighted by molar-refractivity contribution is -0.124. The van der Waals surface area contributed by atoms with Gasteiger partial charge in [0.2, 0.25) is 5.91 Å². The van der Waals surface area contributed by atoms with Crippen molar-refractivity contribution in [3.05, 3.63) is 0 Å².